The van der Waals surface area contributed by atoms with Crippen LogP contribution < -0.4 is 5.32 Å². The fourth-order valence-corrected chi connectivity index (χ4v) is 3.04. The van der Waals surface area contributed by atoms with Gasteiger partial charge in [-0.15, -0.1) is 0 Å². The minimum Gasteiger partial charge on any atom is -0.436 e. The molecule has 4 rings (SSSR count). The molecule has 4 aromatic rings. The second-order valence-corrected chi connectivity index (χ2v) is 6.48. The quantitative estimate of drug-likeness (QED) is 0.374. The zero-order valence-corrected chi connectivity index (χ0v) is 15.6. The zero-order valence-electron chi connectivity index (χ0n) is 15.6. The Hall–Kier alpha value is -4.00. The van der Waals surface area contributed by atoms with Gasteiger partial charge in [-0.05, 0) is 54.4 Å². The Morgan fingerprint density at radius 2 is 1.86 bits per heavy atom. The van der Waals surface area contributed by atoms with E-state index < -0.39 is 10.8 Å². The van der Waals surface area contributed by atoms with Gasteiger partial charge in [0.15, 0.2) is 5.58 Å². The lowest BCUT2D eigenvalue weighted by atomic mass is 10.1. The van der Waals surface area contributed by atoms with Crippen LogP contribution in [0.2, 0.25) is 0 Å². The van der Waals surface area contributed by atoms with Crippen molar-refractivity contribution >= 4 is 28.4 Å². The summed E-state index contributed by atoms with van der Waals surface area (Å²) in [6.07, 6.45) is 0.923. The van der Waals surface area contributed by atoms with Crippen molar-refractivity contribution in [3.63, 3.8) is 0 Å². The van der Waals surface area contributed by atoms with Crippen LogP contribution in [0.3, 0.4) is 0 Å². The topological polar surface area (TPSA) is 98.3 Å². The molecule has 0 aliphatic rings. The lowest BCUT2D eigenvalue weighted by Gasteiger charge is -2.06. The molecule has 0 bridgehead atoms. The van der Waals surface area contributed by atoms with Gasteiger partial charge < -0.3 is 9.73 Å². The number of anilines is 1. The van der Waals surface area contributed by atoms with Crippen molar-refractivity contribution in [3.05, 3.63) is 88.0 Å². The van der Waals surface area contributed by atoms with Crippen molar-refractivity contribution in [1.29, 1.82) is 0 Å². The summed E-state index contributed by atoms with van der Waals surface area (Å²) in [4.78, 5) is 27.5. The van der Waals surface area contributed by atoms with Crippen LogP contribution in [-0.2, 0) is 6.42 Å². The number of amides is 1. The SMILES string of the molecule is CCc1ccc2oc(-c3ccc(NC(=O)c4ccccc4[N+](=O)[O-])cc3)nc2c1. The number of carbonyl (C=O) groups excluding carboxylic acids is 1. The van der Waals surface area contributed by atoms with E-state index in [-0.39, 0.29) is 11.3 Å². The third-order valence-electron chi connectivity index (χ3n) is 4.60. The van der Waals surface area contributed by atoms with E-state index in [1.807, 2.05) is 18.2 Å². The first kappa shape index (κ1) is 18.4. The van der Waals surface area contributed by atoms with Crippen molar-refractivity contribution < 1.29 is 14.1 Å². The average molecular weight is 387 g/mol. The Morgan fingerprint density at radius 1 is 1.10 bits per heavy atom. The fourth-order valence-electron chi connectivity index (χ4n) is 3.04. The molecule has 29 heavy (non-hydrogen) atoms. The first-order valence-electron chi connectivity index (χ1n) is 9.10. The standard InChI is InChI=1S/C22H17N3O4/c1-2-14-7-12-20-18(13-14)24-22(29-20)15-8-10-16(11-9-15)23-21(26)17-5-3-4-6-19(17)25(27)28/h3-13H,2H2,1H3,(H,23,26). The second-order valence-electron chi connectivity index (χ2n) is 6.48. The van der Waals surface area contributed by atoms with E-state index in [4.69, 9.17) is 4.42 Å². The van der Waals surface area contributed by atoms with Crippen molar-refractivity contribution in [3.8, 4) is 11.5 Å². The number of hydrogen-bond acceptors (Lipinski definition) is 5. The van der Waals surface area contributed by atoms with E-state index in [1.165, 1.54) is 23.8 Å². The van der Waals surface area contributed by atoms with Crippen LogP contribution in [0.5, 0.6) is 0 Å². The summed E-state index contributed by atoms with van der Waals surface area (Å²) in [5, 5.41) is 13.8. The first-order chi connectivity index (χ1) is 14.0. The number of nitrogens with one attached hydrogen (secondary N) is 1. The average Bonchev–Trinajstić information content (AvgIpc) is 3.17. The zero-order chi connectivity index (χ0) is 20.4. The minimum atomic E-state index is -0.574. The maximum Gasteiger partial charge on any atom is 0.282 e. The number of nitrogens with zero attached hydrogens (tertiary/aromatic N) is 2. The smallest absolute Gasteiger partial charge is 0.282 e. The molecule has 7 nitrogen and oxygen atoms in total. The molecule has 0 atom stereocenters. The number of oxazole rings is 1. The molecule has 1 aromatic heterocycles. The Kier molecular flexibility index (Phi) is 4.78. The summed E-state index contributed by atoms with van der Waals surface area (Å²) in [6.45, 7) is 2.08. The number of carbonyl (C=O) groups is 1. The molecule has 0 saturated carbocycles. The predicted octanol–water partition coefficient (Wildman–Crippen LogP) is 5.22. The molecule has 1 heterocycles. The summed E-state index contributed by atoms with van der Waals surface area (Å²) in [7, 11) is 0. The highest BCUT2D eigenvalue weighted by Crippen LogP contribution is 2.26. The third kappa shape index (κ3) is 3.70. The van der Waals surface area contributed by atoms with Crippen molar-refractivity contribution in [2.45, 2.75) is 13.3 Å². The first-order valence-corrected chi connectivity index (χ1v) is 9.10. The highest BCUT2D eigenvalue weighted by Gasteiger charge is 2.19. The van der Waals surface area contributed by atoms with Crippen LogP contribution in [0.4, 0.5) is 11.4 Å². The lowest BCUT2D eigenvalue weighted by molar-refractivity contribution is -0.385. The maximum atomic E-state index is 12.4. The molecule has 1 amide bonds. The van der Waals surface area contributed by atoms with Gasteiger partial charge in [0.1, 0.15) is 11.1 Å². The molecule has 0 radical (unpaired) electrons. The molecule has 0 saturated heterocycles. The van der Waals surface area contributed by atoms with E-state index in [1.54, 1.807) is 30.3 Å². The van der Waals surface area contributed by atoms with Crippen LogP contribution >= 0.6 is 0 Å². The van der Waals surface area contributed by atoms with Gasteiger partial charge in [-0.1, -0.05) is 25.1 Å². The molecular weight excluding hydrogens is 370 g/mol. The number of hydrogen-bond donors (Lipinski definition) is 1. The summed E-state index contributed by atoms with van der Waals surface area (Å²) < 4.78 is 5.81. The van der Waals surface area contributed by atoms with Gasteiger partial charge in [-0.2, -0.15) is 0 Å². The highest BCUT2D eigenvalue weighted by atomic mass is 16.6. The molecule has 3 aromatic carbocycles. The van der Waals surface area contributed by atoms with Crippen LogP contribution in [0, 0.1) is 10.1 Å². The number of nitro benzene ring substituents is 1. The van der Waals surface area contributed by atoms with E-state index in [0.717, 1.165) is 17.5 Å². The van der Waals surface area contributed by atoms with Gasteiger partial charge in [-0.25, -0.2) is 4.98 Å². The van der Waals surface area contributed by atoms with Gasteiger partial charge >= 0.3 is 0 Å². The lowest BCUT2D eigenvalue weighted by Crippen LogP contribution is -2.13. The van der Waals surface area contributed by atoms with Gasteiger partial charge in [-0.3, -0.25) is 14.9 Å². The van der Waals surface area contributed by atoms with Crippen LogP contribution in [0.1, 0.15) is 22.8 Å². The van der Waals surface area contributed by atoms with Crippen molar-refractivity contribution in [2.24, 2.45) is 0 Å². The van der Waals surface area contributed by atoms with Gasteiger partial charge in [0.2, 0.25) is 5.89 Å². The molecule has 7 heteroatoms. The van der Waals surface area contributed by atoms with Crippen molar-refractivity contribution in [1.82, 2.24) is 4.98 Å². The van der Waals surface area contributed by atoms with E-state index >= 15 is 0 Å². The van der Waals surface area contributed by atoms with E-state index in [0.29, 0.717) is 17.2 Å². The molecule has 144 valence electrons. The largest absolute Gasteiger partial charge is 0.436 e. The van der Waals surface area contributed by atoms with Crippen LogP contribution in [0.15, 0.2) is 71.1 Å². The van der Waals surface area contributed by atoms with Crippen LogP contribution in [-0.4, -0.2) is 15.8 Å². The maximum absolute atomic E-state index is 12.4. The molecule has 1 N–H and O–H groups in total. The van der Waals surface area contributed by atoms with Crippen LogP contribution in [0.25, 0.3) is 22.6 Å². The number of para-hydroxylation sites is 1. The normalized spacial score (nSPS) is 10.8. The molecule has 0 fully saturated rings. The number of nitro groups is 1. The van der Waals surface area contributed by atoms with E-state index in [2.05, 4.69) is 17.2 Å². The van der Waals surface area contributed by atoms with Gasteiger partial charge in [0, 0.05) is 17.3 Å². The monoisotopic (exact) mass is 387 g/mol. The van der Waals surface area contributed by atoms with Gasteiger partial charge in [0.05, 0.1) is 4.92 Å². The number of aryl methyl sites for hydroxylation is 1. The summed E-state index contributed by atoms with van der Waals surface area (Å²) in [5.41, 5.74) is 3.75. The van der Waals surface area contributed by atoms with E-state index in [9.17, 15) is 14.9 Å². The Balaban J connectivity index is 1.55. The summed E-state index contributed by atoms with van der Waals surface area (Å²) in [5.74, 6) is -0.0520. The number of benzene rings is 3. The minimum absolute atomic E-state index is 0.00672. The predicted molar refractivity (Wildman–Crippen MR) is 110 cm³/mol. The summed E-state index contributed by atoms with van der Waals surface area (Å²) in [6, 6.07) is 18.7. The number of rotatable bonds is 5. The number of aromatic nitrogens is 1. The molecule has 0 unspecified atom stereocenters. The molecule has 0 spiro atoms. The summed E-state index contributed by atoms with van der Waals surface area (Å²) >= 11 is 0. The Bertz CT molecular complexity index is 1210. The van der Waals surface area contributed by atoms with Gasteiger partial charge in [0.25, 0.3) is 11.6 Å². The second kappa shape index (κ2) is 7.55. The highest BCUT2D eigenvalue weighted by molar-refractivity contribution is 6.07. The molecular formula is C22H17N3O4. The fraction of sp³-hybridized carbons (Fsp3) is 0.0909. The third-order valence-corrected chi connectivity index (χ3v) is 4.60. The Morgan fingerprint density at radius 3 is 2.59 bits per heavy atom. The Labute approximate surface area is 166 Å². The molecule has 0 aliphatic carbocycles. The molecule has 0 aliphatic heterocycles. The van der Waals surface area contributed by atoms with Crippen molar-refractivity contribution in [2.75, 3.05) is 5.32 Å². The number of fused-ring (bicyclic) bond motifs is 1.